The molecule has 1 fully saturated rings. The van der Waals surface area contributed by atoms with E-state index in [1.807, 2.05) is 41.7 Å². The minimum atomic E-state index is -0.548. The van der Waals surface area contributed by atoms with Crippen molar-refractivity contribution < 1.29 is 9.53 Å². The summed E-state index contributed by atoms with van der Waals surface area (Å²) in [5.41, 5.74) is 3.06. The number of hydrogen-bond acceptors (Lipinski definition) is 4. The van der Waals surface area contributed by atoms with Crippen molar-refractivity contribution in [2.75, 3.05) is 0 Å². The molecule has 0 atom stereocenters. The summed E-state index contributed by atoms with van der Waals surface area (Å²) >= 11 is 1.57. The minimum Gasteiger partial charge on any atom is -0.408 e. The SMILES string of the molecule is C=C/C1=C(\C=C/C)SC2(CCC2)C(=O)Oc2ccc3c(C#N)ccc1n23. The van der Waals surface area contributed by atoms with E-state index in [9.17, 15) is 10.1 Å². The highest BCUT2D eigenvalue weighted by molar-refractivity contribution is 8.05. The second kappa shape index (κ2) is 6.22. The van der Waals surface area contributed by atoms with Crippen LogP contribution in [-0.4, -0.2) is 15.1 Å². The Morgan fingerprint density at radius 2 is 2.15 bits per heavy atom. The van der Waals surface area contributed by atoms with E-state index in [0.29, 0.717) is 11.4 Å². The van der Waals surface area contributed by atoms with Crippen LogP contribution in [0.3, 0.4) is 0 Å². The van der Waals surface area contributed by atoms with Gasteiger partial charge < -0.3 is 4.74 Å². The molecule has 1 spiro atoms. The molecule has 0 saturated heterocycles. The van der Waals surface area contributed by atoms with Crippen molar-refractivity contribution in [1.82, 2.24) is 4.40 Å². The van der Waals surface area contributed by atoms with Crippen LogP contribution in [-0.2, 0) is 4.79 Å². The van der Waals surface area contributed by atoms with Crippen LogP contribution in [0.2, 0.25) is 0 Å². The third-order valence-corrected chi connectivity index (χ3v) is 6.53. The summed E-state index contributed by atoms with van der Waals surface area (Å²) in [5, 5.41) is 9.43. The summed E-state index contributed by atoms with van der Waals surface area (Å²) in [6.07, 6.45) is 8.43. The number of thioether (sulfide) groups is 1. The van der Waals surface area contributed by atoms with Crippen LogP contribution < -0.4 is 4.74 Å². The fourth-order valence-corrected chi connectivity index (χ4v) is 5.03. The van der Waals surface area contributed by atoms with Crippen LogP contribution in [0, 0.1) is 11.3 Å². The maximum absolute atomic E-state index is 13.0. The molecular weight excluding hydrogens is 344 g/mol. The molecule has 4 rings (SSSR count). The molecule has 130 valence electrons. The smallest absolute Gasteiger partial charge is 0.329 e. The van der Waals surface area contributed by atoms with Gasteiger partial charge in [0.15, 0.2) is 0 Å². The summed E-state index contributed by atoms with van der Waals surface area (Å²) in [7, 11) is 0. The van der Waals surface area contributed by atoms with Gasteiger partial charge in [0.2, 0.25) is 5.88 Å². The van der Waals surface area contributed by atoms with Gasteiger partial charge in [-0.2, -0.15) is 5.26 Å². The van der Waals surface area contributed by atoms with Gasteiger partial charge in [0, 0.05) is 16.5 Å². The fraction of sp³-hybridized carbons (Fsp3) is 0.238. The molecule has 3 heterocycles. The quantitative estimate of drug-likeness (QED) is 0.716. The lowest BCUT2D eigenvalue weighted by molar-refractivity contribution is -0.139. The van der Waals surface area contributed by atoms with E-state index in [1.54, 1.807) is 23.9 Å². The van der Waals surface area contributed by atoms with Gasteiger partial charge in [-0.05, 0) is 44.4 Å². The first-order valence-corrected chi connectivity index (χ1v) is 9.41. The van der Waals surface area contributed by atoms with Gasteiger partial charge in [-0.3, -0.25) is 9.20 Å². The maximum atomic E-state index is 13.0. The first-order valence-electron chi connectivity index (χ1n) is 8.59. The Labute approximate surface area is 156 Å². The second-order valence-electron chi connectivity index (χ2n) is 6.46. The van der Waals surface area contributed by atoms with Crippen molar-refractivity contribution in [3.05, 3.63) is 65.2 Å². The summed E-state index contributed by atoms with van der Waals surface area (Å²) in [5.74, 6) is 0.236. The average molecular weight is 362 g/mol. The lowest BCUT2D eigenvalue weighted by Gasteiger charge is -2.38. The Kier molecular flexibility index (Phi) is 4.01. The van der Waals surface area contributed by atoms with Crippen LogP contribution in [0.1, 0.15) is 37.4 Å². The molecule has 5 heteroatoms. The largest absolute Gasteiger partial charge is 0.408 e. The van der Waals surface area contributed by atoms with E-state index in [4.69, 9.17) is 4.74 Å². The Morgan fingerprint density at radius 1 is 1.35 bits per heavy atom. The lowest BCUT2D eigenvalue weighted by atomic mass is 9.84. The molecular formula is C21H18N2O2S. The number of allylic oxidation sites excluding steroid dienone is 4. The Morgan fingerprint density at radius 3 is 2.77 bits per heavy atom. The third-order valence-electron chi connectivity index (χ3n) is 4.99. The zero-order valence-corrected chi connectivity index (χ0v) is 15.3. The Balaban J connectivity index is 2.08. The van der Waals surface area contributed by atoms with E-state index in [-0.39, 0.29) is 5.97 Å². The van der Waals surface area contributed by atoms with Gasteiger partial charge in [0.1, 0.15) is 10.8 Å². The van der Waals surface area contributed by atoms with E-state index >= 15 is 0 Å². The summed E-state index contributed by atoms with van der Waals surface area (Å²) < 4.78 is 7.11. The zero-order chi connectivity index (χ0) is 18.3. The lowest BCUT2D eigenvalue weighted by Crippen LogP contribution is -2.44. The predicted octanol–water partition coefficient (Wildman–Crippen LogP) is 4.86. The van der Waals surface area contributed by atoms with Crippen molar-refractivity contribution in [3.63, 3.8) is 0 Å². The zero-order valence-electron chi connectivity index (χ0n) is 14.5. The molecule has 0 radical (unpaired) electrons. The number of aromatic nitrogens is 1. The van der Waals surface area contributed by atoms with Crippen LogP contribution in [0.15, 0.2) is 54.0 Å². The molecule has 1 aliphatic heterocycles. The number of pyridine rings is 1. The molecule has 2 aliphatic rings. The minimum absolute atomic E-state index is 0.214. The van der Waals surface area contributed by atoms with Crippen molar-refractivity contribution in [3.8, 4) is 11.9 Å². The van der Waals surface area contributed by atoms with Crippen molar-refractivity contribution in [2.45, 2.75) is 30.9 Å². The number of ether oxygens (including phenoxy) is 1. The first-order chi connectivity index (χ1) is 12.6. The van der Waals surface area contributed by atoms with Gasteiger partial charge in [-0.15, -0.1) is 11.8 Å². The molecule has 0 bridgehead atoms. The predicted molar refractivity (Wildman–Crippen MR) is 104 cm³/mol. The van der Waals surface area contributed by atoms with Gasteiger partial charge >= 0.3 is 5.97 Å². The fourth-order valence-electron chi connectivity index (χ4n) is 3.49. The van der Waals surface area contributed by atoms with Crippen LogP contribution in [0.5, 0.6) is 5.88 Å². The molecule has 26 heavy (non-hydrogen) atoms. The van der Waals surface area contributed by atoms with E-state index in [2.05, 4.69) is 12.6 Å². The molecule has 0 unspecified atom stereocenters. The van der Waals surface area contributed by atoms with Gasteiger partial charge in [0.05, 0.1) is 16.8 Å². The highest BCUT2D eigenvalue weighted by Crippen LogP contribution is 2.51. The van der Waals surface area contributed by atoms with E-state index in [1.165, 1.54) is 0 Å². The average Bonchev–Trinajstić information content (AvgIpc) is 3.03. The molecule has 1 aliphatic carbocycles. The summed E-state index contributed by atoms with van der Waals surface area (Å²) in [6.45, 7) is 5.97. The highest BCUT2D eigenvalue weighted by atomic mass is 32.2. The second-order valence-corrected chi connectivity index (χ2v) is 7.88. The van der Waals surface area contributed by atoms with Crippen LogP contribution in [0.4, 0.5) is 0 Å². The molecule has 0 amide bonds. The molecule has 0 N–H and O–H groups in total. The monoisotopic (exact) mass is 362 g/mol. The summed E-state index contributed by atoms with van der Waals surface area (Å²) in [4.78, 5) is 14.0. The normalized spacial score (nSPS) is 21.6. The number of carbonyl (C=O) groups excluding carboxylic acids is 1. The van der Waals surface area contributed by atoms with Crippen LogP contribution in [0.25, 0.3) is 11.1 Å². The number of nitrogens with zero attached hydrogens (tertiary/aromatic N) is 2. The maximum Gasteiger partial charge on any atom is 0.329 e. The highest BCUT2D eigenvalue weighted by Gasteiger charge is 2.48. The molecule has 2 aromatic rings. The molecule has 1 saturated carbocycles. The van der Waals surface area contributed by atoms with E-state index in [0.717, 1.165) is 41.0 Å². The first kappa shape index (κ1) is 16.7. The van der Waals surface area contributed by atoms with Crippen molar-refractivity contribution in [1.29, 1.82) is 5.26 Å². The third kappa shape index (κ3) is 2.33. The topological polar surface area (TPSA) is 54.5 Å². The van der Waals surface area contributed by atoms with Crippen LogP contribution >= 0.6 is 11.8 Å². The number of hydrogen-bond donors (Lipinski definition) is 0. The number of esters is 1. The summed E-state index contributed by atoms with van der Waals surface area (Å²) in [6, 6.07) is 9.48. The van der Waals surface area contributed by atoms with Gasteiger partial charge in [-0.25, -0.2) is 0 Å². The van der Waals surface area contributed by atoms with Gasteiger partial charge in [0.25, 0.3) is 0 Å². The van der Waals surface area contributed by atoms with Gasteiger partial charge in [-0.1, -0.05) is 24.8 Å². The number of carbonyl (C=O) groups is 1. The number of nitriles is 1. The molecule has 2 aromatic heterocycles. The number of rotatable bonds is 2. The molecule has 4 nitrogen and oxygen atoms in total. The Hall–Kier alpha value is -2.71. The van der Waals surface area contributed by atoms with Crippen molar-refractivity contribution in [2.24, 2.45) is 0 Å². The molecule has 0 aromatic carbocycles. The standard InChI is InChI=1S/C21H18N2O2S/c1-3-6-18-15(4-2)17-8-7-14(13-22)16-9-10-19(23(16)17)25-20(24)21(26-18)11-5-12-21/h3-4,6-10H,2,5,11-12H2,1H3/b6-3-,18-15-. The van der Waals surface area contributed by atoms with Crippen molar-refractivity contribution >= 4 is 28.8 Å². The van der Waals surface area contributed by atoms with E-state index < -0.39 is 4.75 Å². The Bertz CT molecular complexity index is 1030.